The van der Waals surface area contributed by atoms with Gasteiger partial charge in [0.25, 0.3) is 0 Å². The highest BCUT2D eigenvalue weighted by Crippen LogP contribution is 2.35. The second-order valence-electron chi connectivity index (χ2n) is 4.40. The van der Waals surface area contributed by atoms with Crippen LogP contribution in [0.3, 0.4) is 0 Å². The topological polar surface area (TPSA) is 59.6 Å². The van der Waals surface area contributed by atoms with Gasteiger partial charge in [0.2, 0.25) is 0 Å². The summed E-state index contributed by atoms with van der Waals surface area (Å²) >= 11 is 6.00. The minimum Gasteiger partial charge on any atom is -0.495 e. The Kier molecular flexibility index (Phi) is 5.23. The molecule has 0 bridgehead atoms. The Morgan fingerprint density at radius 1 is 1.00 bits per heavy atom. The highest BCUT2D eigenvalue weighted by molar-refractivity contribution is 6.32. The SMILES string of the molecule is COc1cc(OC)c(NC(=O)Nc2ccc(F)c(F)c2)cc1Cl. The van der Waals surface area contributed by atoms with Crippen molar-refractivity contribution in [2.45, 2.75) is 0 Å². The molecule has 0 aliphatic carbocycles. The van der Waals surface area contributed by atoms with Crippen molar-refractivity contribution in [1.82, 2.24) is 0 Å². The highest BCUT2D eigenvalue weighted by Gasteiger charge is 2.13. The molecular weight excluding hydrogens is 330 g/mol. The zero-order valence-corrected chi connectivity index (χ0v) is 13.0. The maximum absolute atomic E-state index is 13.1. The Morgan fingerprint density at radius 2 is 1.70 bits per heavy atom. The van der Waals surface area contributed by atoms with E-state index >= 15 is 0 Å². The van der Waals surface area contributed by atoms with Crippen LogP contribution in [0.5, 0.6) is 11.5 Å². The first-order valence-electron chi connectivity index (χ1n) is 6.39. The molecule has 0 aliphatic heterocycles. The van der Waals surface area contributed by atoms with Gasteiger partial charge in [0.15, 0.2) is 11.6 Å². The van der Waals surface area contributed by atoms with Crippen LogP contribution in [0.15, 0.2) is 30.3 Å². The van der Waals surface area contributed by atoms with Gasteiger partial charge in [0, 0.05) is 17.8 Å². The largest absolute Gasteiger partial charge is 0.495 e. The average Bonchev–Trinajstić information content (AvgIpc) is 2.51. The van der Waals surface area contributed by atoms with Crippen molar-refractivity contribution < 1.29 is 23.0 Å². The second kappa shape index (κ2) is 7.15. The first-order valence-corrected chi connectivity index (χ1v) is 6.77. The zero-order valence-electron chi connectivity index (χ0n) is 12.2. The molecule has 122 valence electrons. The average molecular weight is 343 g/mol. The molecule has 0 saturated heterocycles. The van der Waals surface area contributed by atoms with E-state index in [0.29, 0.717) is 17.2 Å². The molecule has 0 saturated carbocycles. The number of urea groups is 1. The normalized spacial score (nSPS) is 10.1. The molecule has 0 spiro atoms. The first-order chi connectivity index (χ1) is 10.9. The number of carbonyl (C=O) groups excluding carboxylic acids is 1. The van der Waals surface area contributed by atoms with Crippen molar-refractivity contribution in [2.24, 2.45) is 0 Å². The number of halogens is 3. The number of ether oxygens (including phenoxy) is 2. The van der Waals surface area contributed by atoms with E-state index < -0.39 is 17.7 Å². The van der Waals surface area contributed by atoms with E-state index in [-0.39, 0.29) is 10.7 Å². The Morgan fingerprint density at radius 3 is 2.30 bits per heavy atom. The quantitative estimate of drug-likeness (QED) is 0.872. The van der Waals surface area contributed by atoms with Crippen molar-refractivity contribution in [2.75, 3.05) is 24.9 Å². The fraction of sp³-hybridized carbons (Fsp3) is 0.133. The lowest BCUT2D eigenvalue weighted by molar-refractivity contribution is 0.262. The molecule has 23 heavy (non-hydrogen) atoms. The lowest BCUT2D eigenvalue weighted by atomic mass is 10.2. The molecule has 2 rings (SSSR count). The van der Waals surface area contributed by atoms with Gasteiger partial charge in [-0.05, 0) is 18.2 Å². The van der Waals surface area contributed by atoms with E-state index in [1.807, 2.05) is 0 Å². The number of hydrogen-bond acceptors (Lipinski definition) is 3. The van der Waals surface area contributed by atoms with Crippen LogP contribution in [0.2, 0.25) is 5.02 Å². The van der Waals surface area contributed by atoms with E-state index in [1.54, 1.807) is 0 Å². The Labute approximate surface area is 136 Å². The third-order valence-electron chi connectivity index (χ3n) is 2.90. The number of hydrogen-bond donors (Lipinski definition) is 2. The number of carbonyl (C=O) groups is 1. The van der Waals surface area contributed by atoms with Gasteiger partial charge < -0.3 is 20.1 Å². The van der Waals surface area contributed by atoms with E-state index in [9.17, 15) is 13.6 Å². The number of nitrogens with one attached hydrogen (secondary N) is 2. The molecule has 2 aromatic rings. The third-order valence-corrected chi connectivity index (χ3v) is 3.19. The van der Waals surface area contributed by atoms with E-state index in [1.165, 1.54) is 32.4 Å². The predicted molar refractivity (Wildman–Crippen MR) is 83.6 cm³/mol. The van der Waals surface area contributed by atoms with Gasteiger partial charge in [-0.2, -0.15) is 0 Å². The van der Waals surface area contributed by atoms with E-state index in [2.05, 4.69) is 10.6 Å². The number of anilines is 2. The summed E-state index contributed by atoms with van der Waals surface area (Å²) in [5.74, 6) is -1.35. The number of rotatable bonds is 4. The molecule has 0 heterocycles. The van der Waals surface area contributed by atoms with Crippen LogP contribution in [-0.4, -0.2) is 20.3 Å². The van der Waals surface area contributed by atoms with Crippen molar-refractivity contribution >= 4 is 29.0 Å². The number of amides is 2. The Hall–Kier alpha value is -2.54. The van der Waals surface area contributed by atoms with Crippen LogP contribution in [0.1, 0.15) is 0 Å². The molecule has 5 nitrogen and oxygen atoms in total. The Balaban J connectivity index is 2.16. The summed E-state index contributed by atoms with van der Waals surface area (Å²) in [7, 11) is 2.87. The molecular formula is C15H13ClF2N2O3. The van der Waals surface area contributed by atoms with Gasteiger partial charge in [-0.25, -0.2) is 13.6 Å². The lowest BCUT2D eigenvalue weighted by Crippen LogP contribution is -2.20. The van der Waals surface area contributed by atoms with Crippen molar-refractivity contribution in [1.29, 1.82) is 0 Å². The standard InChI is InChI=1S/C15H13ClF2N2O3/c1-22-13-7-14(23-2)12(6-9(13)16)20-15(21)19-8-3-4-10(17)11(18)5-8/h3-7H,1-2H3,(H2,19,20,21). The molecule has 2 amide bonds. The third kappa shape index (κ3) is 4.01. The van der Waals surface area contributed by atoms with Gasteiger partial charge >= 0.3 is 6.03 Å². The van der Waals surface area contributed by atoms with Crippen LogP contribution in [0.4, 0.5) is 25.0 Å². The summed E-state index contributed by atoms with van der Waals surface area (Å²) < 4.78 is 36.2. The number of benzene rings is 2. The van der Waals surface area contributed by atoms with Gasteiger partial charge in [-0.3, -0.25) is 0 Å². The van der Waals surface area contributed by atoms with E-state index in [4.69, 9.17) is 21.1 Å². The van der Waals surface area contributed by atoms with Crippen molar-refractivity contribution in [3.63, 3.8) is 0 Å². The van der Waals surface area contributed by atoms with Crippen LogP contribution in [-0.2, 0) is 0 Å². The molecule has 8 heteroatoms. The molecule has 0 aliphatic rings. The minimum atomic E-state index is -1.06. The molecule has 0 radical (unpaired) electrons. The van der Waals surface area contributed by atoms with Crippen LogP contribution in [0, 0.1) is 11.6 Å². The summed E-state index contributed by atoms with van der Waals surface area (Å²) in [6.45, 7) is 0. The molecule has 2 N–H and O–H groups in total. The monoisotopic (exact) mass is 342 g/mol. The summed E-state index contributed by atoms with van der Waals surface area (Å²) in [6.07, 6.45) is 0. The summed E-state index contributed by atoms with van der Waals surface area (Å²) in [6, 6.07) is 5.30. The van der Waals surface area contributed by atoms with Crippen LogP contribution in [0.25, 0.3) is 0 Å². The van der Waals surface area contributed by atoms with Gasteiger partial charge in [0.05, 0.1) is 24.9 Å². The molecule has 0 unspecified atom stereocenters. The fourth-order valence-corrected chi connectivity index (χ4v) is 2.06. The summed E-state index contributed by atoms with van der Waals surface area (Å²) in [5, 5.41) is 5.15. The number of methoxy groups -OCH3 is 2. The summed E-state index contributed by atoms with van der Waals surface area (Å²) in [4.78, 5) is 11.9. The first kappa shape index (κ1) is 16.8. The predicted octanol–water partition coefficient (Wildman–Crippen LogP) is 4.28. The molecule has 0 fully saturated rings. The van der Waals surface area contributed by atoms with Crippen molar-refractivity contribution in [3.8, 4) is 11.5 Å². The highest BCUT2D eigenvalue weighted by atomic mass is 35.5. The maximum atomic E-state index is 13.1. The Bertz CT molecular complexity index is 741. The molecule has 0 aromatic heterocycles. The second-order valence-corrected chi connectivity index (χ2v) is 4.80. The van der Waals surface area contributed by atoms with Crippen LogP contribution >= 0.6 is 11.6 Å². The smallest absolute Gasteiger partial charge is 0.323 e. The van der Waals surface area contributed by atoms with Crippen molar-refractivity contribution in [3.05, 3.63) is 47.0 Å². The fourth-order valence-electron chi connectivity index (χ4n) is 1.82. The van der Waals surface area contributed by atoms with Crippen LogP contribution < -0.4 is 20.1 Å². The molecule has 2 aromatic carbocycles. The molecule has 0 atom stereocenters. The summed E-state index contributed by atoms with van der Waals surface area (Å²) in [5.41, 5.74) is 0.387. The van der Waals surface area contributed by atoms with Gasteiger partial charge in [-0.1, -0.05) is 11.6 Å². The lowest BCUT2D eigenvalue weighted by Gasteiger charge is -2.13. The van der Waals surface area contributed by atoms with Gasteiger partial charge in [-0.15, -0.1) is 0 Å². The van der Waals surface area contributed by atoms with Gasteiger partial charge in [0.1, 0.15) is 11.5 Å². The van der Waals surface area contributed by atoms with E-state index in [0.717, 1.165) is 12.1 Å². The maximum Gasteiger partial charge on any atom is 0.323 e. The zero-order chi connectivity index (χ0) is 17.0. The minimum absolute atomic E-state index is 0.0972.